The van der Waals surface area contributed by atoms with Crippen molar-refractivity contribution in [2.45, 2.75) is 31.7 Å². The van der Waals surface area contributed by atoms with Gasteiger partial charge >= 0.3 is 0 Å². The first-order chi connectivity index (χ1) is 7.68. The van der Waals surface area contributed by atoms with Gasteiger partial charge in [-0.1, -0.05) is 42.1 Å². The third kappa shape index (κ3) is 3.01. The summed E-state index contributed by atoms with van der Waals surface area (Å²) in [7, 11) is 0. The molecule has 0 radical (unpaired) electrons. The number of rotatable bonds is 3. The molecule has 0 bridgehead atoms. The van der Waals surface area contributed by atoms with E-state index in [1.807, 2.05) is 0 Å². The second-order valence-electron chi connectivity index (χ2n) is 4.53. The van der Waals surface area contributed by atoms with Gasteiger partial charge < -0.3 is 5.73 Å². The normalized spacial score (nSPS) is 25.2. The number of aryl methyl sites for hydroxylation is 1. The zero-order valence-corrected chi connectivity index (χ0v) is 10.5. The van der Waals surface area contributed by atoms with Crippen molar-refractivity contribution in [3.63, 3.8) is 0 Å². The zero-order chi connectivity index (χ0) is 11.4. The van der Waals surface area contributed by atoms with Crippen LogP contribution in [0, 0.1) is 0 Å². The van der Waals surface area contributed by atoms with Crippen molar-refractivity contribution in [2.75, 3.05) is 5.75 Å². The third-order valence-electron chi connectivity index (χ3n) is 3.07. The fourth-order valence-corrected chi connectivity index (χ4v) is 3.00. The number of nitrogens with two attached hydrogens (primary N) is 1. The fraction of sp³-hybridized carbons (Fsp3) is 0.462. The molecule has 1 heterocycles. The van der Waals surface area contributed by atoms with Crippen molar-refractivity contribution in [2.24, 2.45) is 10.7 Å². The van der Waals surface area contributed by atoms with E-state index < -0.39 is 0 Å². The average molecular weight is 234 g/mol. The lowest BCUT2D eigenvalue weighted by molar-refractivity contribution is 0.423. The second-order valence-corrected chi connectivity index (χ2v) is 5.65. The number of benzene rings is 1. The Labute approximate surface area is 101 Å². The molecule has 0 aromatic heterocycles. The maximum absolute atomic E-state index is 5.79. The Morgan fingerprint density at radius 1 is 1.38 bits per heavy atom. The van der Waals surface area contributed by atoms with Gasteiger partial charge in [-0.2, -0.15) is 0 Å². The fourth-order valence-electron chi connectivity index (χ4n) is 1.97. The van der Waals surface area contributed by atoms with Gasteiger partial charge in [-0.3, -0.25) is 4.99 Å². The molecule has 16 heavy (non-hydrogen) atoms. The van der Waals surface area contributed by atoms with E-state index in [-0.39, 0.29) is 5.54 Å². The molecular formula is C13H18N2S. The molecule has 0 amide bonds. The molecule has 1 aliphatic rings. The van der Waals surface area contributed by atoms with E-state index in [1.54, 1.807) is 11.8 Å². The maximum Gasteiger partial charge on any atom is 0.154 e. The van der Waals surface area contributed by atoms with E-state index in [1.165, 1.54) is 5.56 Å². The van der Waals surface area contributed by atoms with Gasteiger partial charge in [0.15, 0.2) is 5.17 Å². The van der Waals surface area contributed by atoms with E-state index in [9.17, 15) is 0 Å². The van der Waals surface area contributed by atoms with Crippen LogP contribution in [0.15, 0.2) is 35.3 Å². The number of hydrogen-bond acceptors (Lipinski definition) is 3. The highest BCUT2D eigenvalue weighted by atomic mass is 32.2. The summed E-state index contributed by atoms with van der Waals surface area (Å²) in [6, 6.07) is 10.6. The molecule has 1 atom stereocenters. The van der Waals surface area contributed by atoms with Crippen molar-refractivity contribution >= 4 is 16.9 Å². The Morgan fingerprint density at radius 2 is 2.12 bits per heavy atom. The molecule has 86 valence electrons. The SMILES string of the molecule is CC1(CCc2ccccc2)CCSC(N)=N1. The van der Waals surface area contributed by atoms with Gasteiger partial charge in [-0.05, 0) is 31.7 Å². The van der Waals surface area contributed by atoms with E-state index in [4.69, 9.17) is 5.73 Å². The van der Waals surface area contributed by atoms with E-state index >= 15 is 0 Å². The Balaban J connectivity index is 1.97. The van der Waals surface area contributed by atoms with Crippen LogP contribution in [0.5, 0.6) is 0 Å². The standard InChI is InChI=1S/C13H18N2S/c1-13(9-10-16-12(14)15-13)8-7-11-5-3-2-4-6-11/h2-6H,7-10H2,1H3,(H2,14,15). The minimum absolute atomic E-state index is 0.0468. The summed E-state index contributed by atoms with van der Waals surface area (Å²) in [6.45, 7) is 2.21. The van der Waals surface area contributed by atoms with E-state index in [2.05, 4.69) is 42.2 Å². The summed E-state index contributed by atoms with van der Waals surface area (Å²) in [4.78, 5) is 4.59. The second kappa shape index (κ2) is 4.91. The smallest absolute Gasteiger partial charge is 0.154 e. The first-order valence-corrected chi connectivity index (χ1v) is 6.69. The highest BCUT2D eigenvalue weighted by molar-refractivity contribution is 8.13. The van der Waals surface area contributed by atoms with Crippen LogP contribution in [-0.4, -0.2) is 16.5 Å². The molecule has 1 aromatic rings. The largest absolute Gasteiger partial charge is 0.379 e. The molecule has 0 spiro atoms. The van der Waals surface area contributed by atoms with Gasteiger partial charge in [0, 0.05) is 5.75 Å². The van der Waals surface area contributed by atoms with Crippen LogP contribution in [0.25, 0.3) is 0 Å². The molecule has 3 heteroatoms. The summed E-state index contributed by atoms with van der Waals surface area (Å²) in [5, 5.41) is 0.752. The van der Waals surface area contributed by atoms with E-state index in [0.717, 1.165) is 30.2 Å². The molecule has 0 saturated heterocycles. The van der Waals surface area contributed by atoms with Gasteiger partial charge in [0.1, 0.15) is 0 Å². The molecular weight excluding hydrogens is 216 g/mol. The predicted octanol–water partition coefficient (Wildman–Crippen LogP) is 2.83. The minimum Gasteiger partial charge on any atom is -0.379 e. The van der Waals surface area contributed by atoms with Crippen LogP contribution in [0.3, 0.4) is 0 Å². The van der Waals surface area contributed by atoms with Crippen molar-refractivity contribution in [1.82, 2.24) is 0 Å². The van der Waals surface area contributed by atoms with Gasteiger partial charge in [-0.25, -0.2) is 0 Å². The summed E-state index contributed by atoms with van der Waals surface area (Å²) in [5.74, 6) is 1.10. The van der Waals surface area contributed by atoms with Crippen molar-refractivity contribution < 1.29 is 0 Å². The Kier molecular flexibility index (Phi) is 3.54. The maximum atomic E-state index is 5.79. The minimum atomic E-state index is 0.0468. The summed E-state index contributed by atoms with van der Waals surface area (Å²) >= 11 is 1.67. The van der Waals surface area contributed by atoms with Crippen LogP contribution < -0.4 is 5.73 Å². The number of amidine groups is 1. The summed E-state index contributed by atoms with van der Waals surface area (Å²) in [6.07, 6.45) is 3.29. The molecule has 2 rings (SSSR count). The summed E-state index contributed by atoms with van der Waals surface area (Å²) in [5.41, 5.74) is 7.22. The lowest BCUT2D eigenvalue weighted by Crippen LogP contribution is -2.31. The van der Waals surface area contributed by atoms with E-state index in [0.29, 0.717) is 0 Å². The Hall–Kier alpha value is -0.960. The predicted molar refractivity (Wildman–Crippen MR) is 71.9 cm³/mol. The van der Waals surface area contributed by atoms with Gasteiger partial charge in [-0.15, -0.1) is 0 Å². The van der Waals surface area contributed by atoms with Crippen molar-refractivity contribution in [1.29, 1.82) is 0 Å². The quantitative estimate of drug-likeness (QED) is 0.873. The topological polar surface area (TPSA) is 38.4 Å². The third-order valence-corrected chi connectivity index (χ3v) is 3.86. The van der Waals surface area contributed by atoms with Crippen LogP contribution in [-0.2, 0) is 6.42 Å². The van der Waals surface area contributed by atoms with Crippen molar-refractivity contribution in [3.8, 4) is 0 Å². The number of aliphatic imine (C=N–C) groups is 1. The Bertz CT molecular complexity index is 375. The van der Waals surface area contributed by atoms with Gasteiger partial charge in [0.05, 0.1) is 5.54 Å². The molecule has 2 nitrogen and oxygen atoms in total. The highest BCUT2D eigenvalue weighted by Gasteiger charge is 2.26. The molecule has 1 aliphatic heterocycles. The molecule has 0 fully saturated rings. The number of nitrogens with zero attached hydrogens (tertiary/aromatic N) is 1. The average Bonchev–Trinajstić information content (AvgIpc) is 2.28. The first kappa shape index (κ1) is 11.5. The van der Waals surface area contributed by atoms with Gasteiger partial charge in [0.25, 0.3) is 0 Å². The van der Waals surface area contributed by atoms with Crippen molar-refractivity contribution in [3.05, 3.63) is 35.9 Å². The lowest BCUT2D eigenvalue weighted by atomic mass is 9.91. The lowest BCUT2D eigenvalue weighted by Gasteiger charge is -2.29. The Morgan fingerprint density at radius 3 is 2.81 bits per heavy atom. The number of hydrogen-bond donors (Lipinski definition) is 1. The molecule has 0 saturated carbocycles. The first-order valence-electron chi connectivity index (χ1n) is 5.70. The summed E-state index contributed by atoms with van der Waals surface area (Å²) < 4.78 is 0. The molecule has 0 aliphatic carbocycles. The number of thioether (sulfide) groups is 1. The molecule has 1 unspecified atom stereocenters. The monoisotopic (exact) mass is 234 g/mol. The molecule has 1 aromatic carbocycles. The van der Waals surface area contributed by atoms with Crippen LogP contribution in [0.1, 0.15) is 25.3 Å². The van der Waals surface area contributed by atoms with Gasteiger partial charge in [0.2, 0.25) is 0 Å². The van der Waals surface area contributed by atoms with Crippen LogP contribution in [0.4, 0.5) is 0 Å². The highest BCUT2D eigenvalue weighted by Crippen LogP contribution is 2.29. The van der Waals surface area contributed by atoms with Crippen LogP contribution in [0.2, 0.25) is 0 Å². The molecule has 2 N–H and O–H groups in total. The zero-order valence-electron chi connectivity index (χ0n) is 9.65. The van der Waals surface area contributed by atoms with Crippen LogP contribution >= 0.6 is 11.8 Å².